The number of carbonyl (C=O) groups is 2. The zero-order valence-corrected chi connectivity index (χ0v) is 13.4. The summed E-state index contributed by atoms with van der Waals surface area (Å²) in [7, 11) is 0. The van der Waals surface area contributed by atoms with E-state index in [0.29, 0.717) is 25.9 Å². The van der Waals surface area contributed by atoms with Crippen molar-refractivity contribution in [1.29, 1.82) is 0 Å². The zero-order chi connectivity index (χ0) is 17.0. The summed E-state index contributed by atoms with van der Waals surface area (Å²) >= 11 is 5.79. The van der Waals surface area contributed by atoms with Gasteiger partial charge in [0.1, 0.15) is 10.8 Å². The molecule has 1 aromatic carbocycles. The summed E-state index contributed by atoms with van der Waals surface area (Å²) in [6, 6.07) is 3.77. The monoisotopic (exact) mass is 340 g/mol. The lowest BCUT2D eigenvalue weighted by atomic mass is 9.98. The maximum Gasteiger partial charge on any atom is 0.316 e. The lowest BCUT2D eigenvalue weighted by Gasteiger charge is -2.31. The summed E-state index contributed by atoms with van der Waals surface area (Å²) < 4.78 is 5.25. The molecule has 23 heavy (non-hydrogen) atoms. The van der Waals surface area contributed by atoms with Gasteiger partial charge in [0.2, 0.25) is 5.91 Å². The molecule has 124 valence electrons. The fourth-order valence-electron chi connectivity index (χ4n) is 2.52. The van der Waals surface area contributed by atoms with Crippen LogP contribution in [0.4, 0.5) is 5.69 Å². The number of piperidine rings is 1. The van der Waals surface area contributed by atoms with Crippen LogP contribution < -0.4 is 4.74 Å². The van der Waals surface area contributed by atoms with Crippen LogP contribution in [-0.2, 0) is 9.59 Å². The van der Waals surface area contributed by atoms with E-state index < -0.39 is 16.8 Å². The molecule has 1 heterocycles. The number of nitro benzene ring substituents is 1. The molecule has 0 aliphatic carbocycles. The van der Waals surface area contributed by atoms with Crippen molar-refractivity contribution in [2.75, 3.05) is 13.1 Å². The Morgan fingerprint density at radius 3 is 2.83 bits per heavy atom. The van der Waals surface area contributed by atoms with Crippen LogP contribution in [0.2, 0.25) is 5.02 Å². The van der Waals surface area contributed by atoms with E-state index in [1.807, 2.05) is 0 Å². The van der Waals surface area contributed by atoms with Crippen molar-refractivity contribution >= 4 is 29.2 Å². The Bertz CT molecular complexity index is 634. The van der Waals surface area contributed by atoms with Gasteiger partial charge < -0.3 is 9.64 Å². The van der Waals surface area contributed by atoms with Crippen LogP contribution in [0.5, 0.6) is 5.75 Å². The number of carbonyl (C=O) groups excluding carboxylic acids is 2. The van der Waals surface area contributed by atoms with Gasteiger partial charge in [0.25, 0.3) is 5.69 Å². The van der Waals surface area contributed by atoms with Crippen molar-refractivity contribution in [2.24, 2.45) is 5.92 Å². The summed E-state index contributed by atoms with van der Waals surface area (Å²) in [4.78, 5) is 35.7. The zero-order valence-electron chi connectivity index (χ0n) is 12.7. The Morgan fingerprint density at radius 1 is 1.48 bits per heavy atom. The number of nitrogens with zero attached hydrogens (tertiary/aromatic N) is 2. The Balaban J connectivity index is 2.02. The second kappa shape index (κ2) is 7.41. The van der Waals surface area contributed by atoms with Crippen molar-refractivity contribution < 1.29 is 19.2 Å². The van der Waals surface area contributed by atoms with Crippen molar-refractivity contribution in [3.05, 3.63) is 33.3 Å². The SMILES string of the molecule is CCC(=O)N1CCCC(C(=O)Oc2ccc([N+](=O)[O-])c(Cl)c2)C1. The third kappa shape index (κ3) is 4.19. The number of hydrogen-bond acceptors (Lipinski definition) is 5. The molecule has 1 aliphatic rings. The Kier molecular flexibility index (Phi) is 5.54. The number of nitro groups is 1. The highest BCUT2D eigenvalue weighted by molar-refractivity contribution is 6.32. The van der Waals surface area contributed by atoms with E-state index in [9.17, 15) is 19.7 Å². The number of esters is 1. The van der Waals surface area contributed by atoms with E-state index in [2.05, 4.69) is 0 Å². The maximum atomic E-state index is 12.2. The molecule has 1 aromatic rings. The van der Waals surface area contributed by atoms with E-state index in [1.54, 1.807) is 11.8 Å². The van der Waals surface area contributed by atoms with E-state index in [1.165, 1.54) is 18.2 Å². The molecule has 2 rings (SSSR count). The predicted molar refractivity (Wildman–Crippen MR) is 83.3 cm³/mol. The van der Waals surface area contributed by atoms with E-state index >= 15 is 0 Å². The number of ether oxygens (including phenoxy) is 1. The first-order chi connectivity index (χ1) is 10.9. The molecule has 1 fully saturated rings. The predicted octanol–water partition coefficient (Wildman–Crippen LogP) is 2.80. The van der Waals surface area contributed by atoms with Crippen molar-refractivity contribution in [3.8, 4) is 5.75 Å². The number of benzene rings is 1. The van der Waals surface area contributed by atoms with Crippen LogP contribution in [0.25, 0.3) is 0 Å². The van der Waals surface area contributed by atoms with E-state index in [4.69, 9.17) is 16.3 Å². The number of rotatable bonds is 4. The molecule has 1 atom stereocenters. The fraction of sp³-hybridized carbons (Fsp3) is 0.467. The number of hydrogen-bond donors (Lipinski definition) is 0. The minimum atomic E-state index is -0.608. The molecular formula is C15H17ClN2O5. The summed E-state index contributed by atoms with van der Waals surface area (Å²) in [6.07, 6.45) is 1.79. The van der Waals surface area contributed by atoms with Crippen LogP contribution in [0.3, 0.4) is 0 Å². The molecule has 8 heteroatoms. The van der Waals surface area contributed by atoms with Gasteiger partial charge in [-0.1, -0.05) is 18.5 Å². The van der Waals surface area contributed by atoms with Gasteiger partial charge in [-0.2, -0.15) is 0 Å². The molecular weight excluding hydrogens is 324 g/mol. The minimum absolute atomic E-state index is 0.0147. The Hall–Kier alpha value is -2.15. The van der Waals surface area contributed by atoms with Gasteiger partial charge in [0.15, 0.2) is 0 Å². The minimum Gasteiger partial charge on any atom is -0.426 e. The summed E-state index contributed by atoms with van der Waals surface area (Å²) in [6.45, 7) is 2.77. The number of likely N-dealkylation sites (tertiary alicyclic amines) is 1. The second-order valence-electron chi connectivity index (χ2n) is 5.32. The molecule has 0 bridgehead atoms. The highest BCUT2D eigenvalue weighted by Crippen LogP contribution is 2.29. The van der Waals surface area contributed by atoms with Crippen molar-refractivity contribution in [3.63, 3.8) is 0 Å². The quantitative estimate of drug-likeness (QED) is 0.364. The summed E-state index contributed by atoms with van der Waals surface area (Å²) in [5.41, 5.74) is -0.246. The highest BCUT2D eigenvalue weighted by Gasteiger charge is 2.29. The van der Waals surface area contributed by atoms with Crippen LogP contribution in [-0.4, -0.2) is 34.8 Å². The molecule has 0 N–H and O–H groups in total. The topological polar surface area (TPSA) is 89.8 Å². The van der Waals surface area contributed by atoms with Gasteiger partial charge in [0, 0.05) is 31.6 Å². The van der Waals surface area contributed by atoms with E-state index in [0.717, 1.165) is 6.42 Å². The molecule has 1 unspecified atom stereocenters. The fourth-order valence-corrected chi connectivity index (χ4v) is 2.76. The smallest absolute Gasteiger partial charge is 0.316 e. The number of halogens is 1. The lowest BCUT2D eigenvalue weighted by molar-refractivity contribution is -0.384. The highest BCUT2D eigenvalue weighted by atomic mass is 35.5. The Labute approximate surface area is 138 Å². The average Bonchev–Trinajstić information content (AvgIpc) is 2.54. The summed E-state index contributed by atoms with van der Waals surface area (Å²) in [5.74, 6) is -0.679. The molecule has 1 saturated heterocycles. The van der Waals surface area contributed by atoms with Crippen LogP contribution in [0, 0.1) is 16.0 Å². The molecule has 1 amide bonds. The first-order valence-corrected chi connectivity index (χ1v) is 7.73. The largest absolute Gasteiger partial charge is 0.426 e. The van der Waals surface area contributed by atoms with E-state index in [-0.39, 0.29) is 22.4 Å². The molecule has 0 radical (unpaired) electrons. The van der Waals surface area contributed by atoms with Gasteiger partial charge in [-0.25, -0.2) is 0 Å². The maximum absolute atomic E-state index is 12.2. The van der Waals surface area contributed by atoms with Crippen molar-refractivity contribution in [1.82, 2.24) is 4.90 Å². The molecule has 1 aliphatic heterocycles. The van der Waals surface area contributed by atoms with Crippen molar-refractivity contribution in [2.45, 2.75) is 26.2 Å². The normalized spacial score (nSPS) is 17.7. The number of amides is 1. The first-order valence-electron chi connectivity index (χ1n) is 7.35. The first kappa shape index (κ1) is 17.2. The van der Waals surface area contributed by atoms with Crippen LogP contribution in [0.15, 0.2) is 18.2 Å². The average molecular weight is 341 g/mol. The molecule has 7 nitrogen and oxygen atoms in total. The third-order valence-electron chi connectivity index (χ3n) is 3.74. The van der Waals surface area contributed by atoms with Gasteiger partial charge in [-0.05, 0) is 18.9 Å². The molecule has 0 aromatic heterocycles. The molecule has 0 saturated carbocycles. The van der Waals surface area contributed by atoms with Crippen LogP contribution in [0.1, 0.15) is 26.2 Å². The van der Waals surface area contributed by atoms with Gasteiger partial charge >= 0.3 is 5.97 Å². The summed E-state index contributed by atoms with van der Waals surface area (Å²) in [5, 5.41) is 10.6. The van der Waals surface area contributed by atoms with Gasteiger partial charge in [-0.15, -0.1) is 0 Å². The van der Waals surface area contributed by atoms with Gasteiger partial charge in [0.05, 0.1) is 10.8 Å². The Morgan fingerprint density at radius 2 is 2.22 bits per heavy atom. The van der Waals surface area contributed by atoms with Gasteiger partial charge in [-0.3, -0.25) is 19.7 Å². The molecule has 0 spiro atoms. The second-order valence-corrected chi connectivity index (χ2v) is 5.73. The third-order valence-corrected chi connectivity index (χ3v) is 4.05. The standard InChI is InChI=1S/C15H17ClN2O5/c1-2-14(19)17-7-3-4-10(9-17)15(20)23-11-5-6-13(18(21)22)12(16)8-11/h5-6,8,10H,2-4,7,9H2,1H3. The van der Waals surface area contributed by atoms with Crippen LogP contribution >= 0.6 is 11.6 Å². The lowest BCUT2D eigenvalue weighted by Crippen LogP contribution is -2.43.